The Morgan fingerprint density at radius 2 is 1.74 bits per heavy atom. The third kappa shape index (κ3) is 5.79. The van der Waals surface area contributed by atoms with Crippen LogP contribution < -0.4 is 24.6 Å². The van der Waals surface area contributed by atoms with Gasteiger partial charge >= 0.3 is 10.8 Å². The second-order valence-corrected chi connectivity index (χ2v) is 12.8. The molecule has 0 unspecified atom stereocenters. The lowest BCUT2D eigenvalue weighted by Gasteiger charge is -2.30. The summed E-state index contributed by atoms with van der Waals surface area (Å²) in [5.74, 6) is -2.52. The highest BCUT2D eigenvalue weighted by molar-refractivity contribution is 8.00. The number of imide groups is 1. The van der Waals surface area contributed by atoms with Crippen molar-refractivity contribution in [3.8, 4) is 11.5 Å². The molecule has 1 fully saturated rings. The fourth-order valence-electron chi connectivity index (χ4n) is 5.63. The number of aromatic nitrogens is 1. The molecule has 1 aromatic heterocycles. The van der Waals surface area contributed by atoms with Gasteiger partial charge in [-0.1, -0.05) is 47.4 Å². The first-order valence-electron chi connectivity index (χ1n) is 14.4. The van der Waals surface area contributed by atoms with Crippen LogP contribution in [0.2, 0.25) is 0 Å². The van der Waals surface area contributed by atoms with Crippen LogP contribution in [-0.4, -0.2) is 54.2 Å². The highest BCUT2D eigenvalue weighted by Gasteiger charge is 2.56. The third-order valence-electron chi connectivity index (χ3n) is 7.79. The number of ether oxygens (including phenoxy) is 3. The Labute approximate surface area is 271 Å². The van der Waals surface area contributed by atoms with Gasteiger partial charge < -0.3 is 24.5 Å². The zero-order valence-electron chi connectivity index (χ0n) is 25.0. The van der Waals surface area contributed by atoms with Gasteiger partial charge in [0.05, 0.1) is 35.9 Å². The normalized spacial score (nSPS) is 18.5. The first-order valence-corrected chi connectivity index (χ1v) is 16.1. The Bertz CT molecular complexity index is 1900. The Morgan fingerprint density at radius 3 is 2.46 bits per heavy atom. The minimum Gasteiger partial charge on any atom is -0.493 e. The van der Waals surface area contributed by atoms with E-state index in [0.29, 0.717) is 43.9 Å². The quantitative estimate of drug-likeness (QED) is 0.192. The van der Waals surface area contributed by atoms with Crippen molar-refractivity contribution in [2.45, 2.75) is 30.0 Å². The predicted molar refractivity (Wildman–Crippen MR) is 173 cm³/mol. The smallest absolute Gasteiger partial charge is 0.338 e. The molecular formula is C33H29N3O8S2. The topological polar surface area (TPSA) is 144 Å². The number of amides is 3. The fraction of sp³-hybridized carbons (Fsp3) is 0.242. The van der Waals surface area contributed by atoms with Crippen LogP contribution in [0.15, 0.2) is 76.6 Å². The molecule has 0 spiro atoms. The van der Waals surface area contributed by atoms with E-state index in [1.807, 2.05) is 25.1 Å². The second-order valence-electron chi connectivity index (χ2n) is 10.6. The predicted octanol–water partition coefficient (Wildman–Crippen LogP) is 4.74. The number of thiazole rings is 1. The summed E-state index contributed by atoms with van der Waals surface area (Å²) in [4.78, 5) is 69.3. The molecule has 3 atom stereocenters. The van der Waals surface area contributed by atoms with Crippen LogP contribution in [0.1, 0.15) is 39.2 Å². The number of aromatic amines is 1. The number of thioether (sulfide) groups is 1. The molecule has 1 saturated heterocycles. The van der Waals surface area contributed by atoms with Gasteiger partial charge in [-0.3, -0.25) is 19.2 Å². The van der Waals surface area contributed by atoms with Gasteiger partial charge in [-0.25, -0.2) is 9.69 Å². The number of nitrogens with one attached hydrogen (secondary N) is 2. The number of fused-ring (bicyclic) bond motifs is 2. The number of H-pyrrole nitrogens is 1. The number of nitrogens with zero attached hydrogens (tertiary/aromatic N) is 1. The van der Waals surface area contributed by atoms with Crippen molar-refractivity contribution in [2.24, 2.45) is 5.92 Å². The zero-order chi connectivity index (χ0) is 32.5. The first-order chi connectivity index (χ1) is 22.2. The van der Waals surface area contributed by atoms with E-state index in [-0.39, 0.29) is 24.0 Å². The molecule has 0 saturated carbocycles. The molecule has 2 N–H and O–H groups in total. The molecule has 2 aliphatic heterocycles. The van der Waals surface area contributed by atoms with Gasteiger partial charge in [0.2, 0.25) is 11.8 Å². The Morgan fingerprint density at radius 1 is 0.978 bits per heavy atom. The number of carbonyl (C=O) groups excluding carboxylic acids is 4. The van der Waals surface area contributed by atoms with E-state index in [4.69, 9.17) is 14.2 Å². The van der Waals surface area contributed by atoms with Crippen LogP contribution >= 0.6 is 23.1 Å². The minimum atomic E-state index is -0.822. The summed E-state index contributed by atoms with van der Waals surface area (Å²) in [5.41, 5.74) is 2.88. The molecule has 6 rings (SSSR count). The summed E-state index contributed by atoms with van der Waals surface area (Å²) < 4.78 is 16.4. The minimum absolute atomic E-state index is 0.221. The lowest BCUT2D eigenvalue weighted by molar-refractivity contribution is -0.122. The second kappa shape index (κ2) is 12.9. The molecule has 0 aliphatic carbocycles. The maximum Gasteiger partial charge on any atom is 0.338 e. The molecule has 3 amide bonds. The number of carbonyl (C=O) groups is 4. The van der Waals surface area contributed by atoms with Gasteiger partial charge in [-0.15, -0.1) is 0 Å². The number of aryl methyl sites for hydroxylation is 1. The molecule has 11 nitrogen and oxygen atoms in total. The van der Waals surface area contributed by atoms with Crippen molar-refractivity contribution < 1.29 is 33.4 Å². The van der Waals surface area contributed by atoms with E-state index in [9.17, 15) is 24.0 Å². The van der Waals surface area contributed by atoms with Gasteiger partial charge in [0, 0.05) is 16.5 Å². The van der Waals surface area contributed by atoms with Crippen molar-refractivity contribution >= 4 is 58.2 Å². The van der Waals surface area contributed by atoms with Gasteiger partial charge in [-0.2, -0.15) is 0 Å². The highest BCUT2D eigenvalue weighted by atomic mass is 32.2. The van der Waals surface area contributed by atoms with Crippen molar-refractivity contribution in [1.82, 2.24) is 4.98 Å². The molecule has 3 heterocycles. The maximum absolute atomic E-state index is 14.1. The van der Waals surface area contributed by atoms with E-state index in [2.05, 4.69) is 10.3 Å². The van der Waals surface area contributed by atoms with Crippen molar-refractivity contribution in [1.29, 1.82) is 0 Å². The standard InChI is InChI=1S/C33H29N3O8S2/c1-4-43-32(40)18-9-12-20(13-10-18)36-30(38)26-25(27-29(35-33(41)46-27)45-28(26)31(36)39)19-11-14-22(23(15-19)42-3)44-16-24(37)34-21-8-6-5-7-17(21)2/h5-15,25-26,28H,4,16H2,1-3H3,(H,34,37)(H,35,41)/t25-,26-,28+/m0/s1. The van der Waals surface area contributed by atoms with Gasteiger partial charge in [0.1, 0.15) is 5.25 Å². The molecular weight excluding hydrogens is 631 g/mol. The first kappa shape index (κ1) is 31.1. The number of rotatable bonds is 9. The van der Waals surface area contributed by atoms with E-state index < -0.39 is 34.9 Å². The van der Waals surface area contributed by atoms with Crippen molar-refractivity contribution in [2.75, 3.05) is 30.5 Å². The molecule has 13 heteroatoms. The average molecular weight is 660 g/mol. The summed E-state index contributed by atoms with van der Waals surface area (Å²) in [6.07, 6.45) is 0. The lowest BCUT2D eigenvalue weighted by atomic mass is 9.83. The fourth-order valence-corrected chi connectivity index (χ4v) is 8.15. The average Bonchev–Trinajstić information content (AvgIpc) is 3.55. The van der Waals surface area contributed by atoms with E-state index >= 15 is 0 Å². The number of hydrogen-bond donors (Lipinski definition) is 2. The van der Waals surface area contributed by atoms with Crippen molar-refractivity contribution in [3.05, 3.63) is 98.0 Å². The van der Waals surface area contributed by atoms with Crippen LogP contribution in [-0.2, 0) is 19.1 Å². The Hall–Kier alpha value is -4.88. The van der Waals surface area contributed by atoms with E-state index in [1.54, 1.807) is 43.3 Å². The third-order valence-corrected chi connectivity index (χ3v) is 10.2. The van der Waals surface area contributed by atoms with Crippen LogP contribution in [0.25, 0.3) is 0 Å². The Balaban J connectivity index is 1.28. The summed E-state index contributed by atoms with van der Waals surface area (Å²) >= 11 is 2.16. The Kier molecular flexibility index (Phi) is 8.69. The monoisotopic (exact) mass is 659 g/mol. The van der Waals surface area contributed by atoms with Gasteiger partial charge in [-0.05, 0) is 67.4 Å². The number of esters is 1. The largest absolute Gasteiger partial charge is 0.493 e. The number of methoxy groups -OCH3 is 1. The van der Waals surface area contributed by atoms with Crippen LogP contribution in [0.5, 0.6) is 11.5 Å². The number of benzene rings is 3. The summed E-state index contributed by atoms with van der Waals surface area (Å²) in [5, 5.41) is 2.56. The molecule has 0 radical (unpaired) electrons. The molecule has 46 heavy (non-hydrogen) atoms. The lowest BCUT2D eigenvalue weighted by Crippen LogP contribution is -2.32. The molecule has 3 aromatic carbocycles. The van der Waals surface area contributed by atoms with Crippen LogP contribution in [0, 0.1) is 12.8 Å². The number of hydrogen-bond acceptors (Lipinski definition) is 10. The van der Waals surface area contributed by atoms with Gasteiger partial charge in [0.15, 0.2) is 18.1 Å². The van der Waals surface area contributed by atoms with Gasteiger partial charge in [0.25, 0.3) is 5.91 Å². The summed E-state index contributed by atoms with van der Waals surface area (Å²) in [6.45, 7) is 3.55. The van der Waals surface area contributed by atoms with Crippen LogP contribution in [0.3, 0.4) is 0 Å². The van der Waals surface area contributed by atoms with Crippen molar-refractivity contribution in [3.63, 3.8) is 0 Å². The highest BCUT2D eigenvalue weighted by Crippen LogP contribution is 2.53. The van der Waals surface area contributed by atoms with E-state index in [1.165, 1.54) is 31.0 Å². The van der Waals surface area contributed by atoms with Crippen LogP contribution in [0.4, 0.5) is 11.4 Å². The molecule has 236 valence electrons. The zero-order valence-corrected chi connectivity index (χ0v) is 26.7. The number of para-hydroxylation sites is 1. The SMILES string of the molecule is CCOC(=O)c1ccc(N2C(=O)[C@H]3[C@H](c4ccc(OCC(=O)Nc5ccccc5C)c(OC)c4)c4sc(=O)[nH]c4S[C@H]3C2=O)cc1. The number of anilines is 2. The molecule has 2 aliphatic rings. The molecule has 4 aromatic rings. The maximum atomic E-state index is 14.1. The summed E-state index contributed by atoms with van der Waals surface area (Å²) in [7, 11) is 1.46. The molecule has 0 bridgehead atoms. The summed E-state index contributed by atoms with van der Waals surface area (Å²) in [6, 6.07) is 18.6. The van der Waals surface area contributed by atoms with E-state index in [0.717, 1.165) is 21.8 Å².